The third-order valence-electron chi connectivity index (χ3n) is 2.79. The summed E-state index contributed by atoms with van der Waals surface area (Å²) in [5.41, 5.74) is 4.87. The number of rotatable bonds is 3. The van der Waals surface area contributed by atoms with E-state index in [0.29, 0.717) is 0 Å². The van der Waals surface area contributed by atoms with Crippen LogP contribution in [0.25, 0.3) is 11.4 Å². The molecule has 21 heavy (non-hydrogen) atoms. The van der Waals surface area contributed by atoms with Crippen molar-refractivity contribution < 1.29 is 23.4 Å². The molecule has 0 aliphatic rings. The van der Waals surface area contributed by atoms with Gasteiger partial charge in [-0.3, -0.25) is 0 Å². The molecule has 0 fully saturated rings. The molecule has 1 heterocycles. The molecule has 0 spiro atoms. The number of carbonyl (C=O) groups is 1. The van der Waals surface area contributed by atoms with Crippen LogP contribution in [0.2, 0.25) is 0 Å². The molecule has 0 unspecified atom stereocenters. The number of carboxylic acid groups (broad SMARTS) is 1. The number of aromatic carboxylic acids is 1. The first kappa shape index (κ1) is 14.6. The number of aryl methyl sites for hydroxylation is 1. The second kappa shape index (κ2) is 5.31. The van der Waals surface area contributed by atoms with Crippen molar-refractivity contribution in [3.8, 4) is 17.1 Å². The van der Waals surface area contributed by atoms with Crippen LogP contribution in [0.15, 0.2) is 12.1 Å². The van der Waals surface area contributed by atoms with Crippen molar-refractivity contribution in [1.82, 2.24) is 9.97 Å². The highest BCUT2D eigenvalue weighted by molar-refractivity contribution is 5.91. The zero-order chi connectivity index (χ0) is 15.7. The SMILES string of the molecule is COc1c(N)nc(-c2cc(F)c(C)cc2F)nc1C(=O)O. The van der Waals surface area contributed by atoms with E-state index in [0.717, 1.165) is 12.1 Å². The van der Waals surface area contributed by atoms with Crippen molar-refractivity contribution in [2.24, 2.45) is 0 Å². The summed E-state index contributed by atoms with van der Waals surface area (Å²) >= 11 is 0. The van der Waals surface area contributed by atoms with E-state index < -0.39 is 23.3 Å². The standard InChI is InChI=1S/C13H11F2N3O3/c1-5-3-8(15)6(4-7(5)14)12-17-9(13(19)20)10(21-2)11(16)18-12/h3-4H,1-2H3,(H,19,20)(H2,16,17,18). The van der Waals surface area contributed by atoms with Crippen molar-refractivity contribution in [2.45, 2.75) is 6.92 Å². The van der Waals surface area contributed by atoms with Crippen LogP contribution < -0.4 is 10.5 Å². The summed E-state index contributed by atoms with van der Waals surface area (Å²) in [5.74, 6) is -3.71. The Morgan fingerprint density at radius 2 is 1.95 bits per heavy atom. The number of nitrogens with two attached hydrogens (primary N) is 1. The Labute approximate surface area is 118 Å². The lowest BCUT2D eigenvalue weighted by atomic mass is 10.1. The zero-order valence-electron chi connectivity index (χ0n) is 11.1. The first-order valence-electron chi connectivity index (χ1n) is 5.76. The molecule has 0 saturated heterocycles. The molecule has 110 valence electrons. The number of methoxy groups -OCH3 is 1. The second-order valence-corrected chi connectivity index (χ2v) is 4.20. The molecule has 0 amide bonds. The van der Waals surface area contributed by atoms with E-state index >= 15 is 0 Å². The van der Waals surface area contributed by atoms with Crippen molar-refractivity contribution in [2.75, 3.05) is 12.8 Å². The summed E-state index contributed by atoms with van der Waals surface area (Å²) in [7, 11) is 1.20. The van der Waals surface area contributed by atoms with Gasteiger partial charge in [0, 0.05) is 0 Å². The van der Waals surface area contributed by atoms with Gasteiger partial charge < -0.3 is 15.6 Å². The van der Waals surface area contributed by atoms with E-state index in [1.54, 1.807) is 0 Å². The van der Waals surface area contributed by atoms with Crippen LogP contribution in [-0.4, -0.2) is 28.2 Å². The van der Waals surface area contributed by atoms with Gasteiger partial charge in [-0.15, -0.1) is 0 Å². The van der Waals surface area contributed by atoms with Crippen LogP contribution in [0.1, 0.15) is 16.1 Å². The summed E-state index contributed by atoms with van der Waals surface area (Å²) in [6, 6.07) is 1.85. The molecule has 3 N–H and O–H groups in total. The number of hydrogen-bond acceptors (Lipinski definition) is 5. The molecule has 0 bridgehead atoms. The molecular formula is C13H11F2N3O3. The van der Waals surface area contributed by atoms with Gasteiger partial charge in [0.15, 0.2) is 23.1 Å². The van der Waals surface area contributed by atoms with Gasteiger partial charge in [-0.2, -0.15) is 0 Å². The Bertz CT molecular complexity index is 735. The molecule has 6 nitrogen and oxygen atoms in total. The van der Waals surface area contributed by atoms with Crippen LogP contribution >= 0.6 is 0 Å². The number of nitrogens with zero attached hydrogens (tertiary/aromatic N) is 2. The fourth-order valence-corrected chi connectivity index (χ4v) is 1.75. The number of aromatic nitrogens is 2. The zero-order valence-corrected chi connectivity index (χ0v) is 11.1. The minimum atomic E-state index is -1.42. The monoisotopic (exact) mass is 295 g/mol. The lowest BCUT2D eigenvalue weighted by Gasteiger charge is -2.10. The van der Waals surface area contributed by atoms with Gasteiger partial charge in [0.2, 0.25) is 0 Å². The number of halogens is 2. The molecule has 8 heteroatoms. The second-order valence-electron chi connectivity index (χ2n) is 4.20. The van der Waals surface area contributed by atoms with Crippen LogP contribution in [0, 0.1) is 18.6 Å². The minimum Gasteiger partial charge on any atom is -0.491 e. The summed E-state index contributed by atoms with van der Waals surface area (Å²) in [5, 5.41) is 9.07. The maximum atomic E-state index is 13.9. The topological polar surface area (TPSA) is 98.3 Å². The van der Waals surface area contributed by atoms with E-state index in [4.69, 9.17) is 15.6 Å². The number of hydrogen-bond donors (Lipinski definition) is 2. The molecule has 0 radical (unpaired) electrons. The Balaban J connectivity index is 2.71. The Hall–Kier alpha value is -2.77. The smallest absolute Gasteiger partial charge is 0.358 e. The summed E-state index contributed by atoms with van der Waals surface area (Å²) in [6.07, 6.45) is 0. The minimum absolute atomic E-state index is 0.108. The van der Waals surface area contributed by atoms with Gasteiger partial charge in [0.05, 0.1) is 12.7 Å². The van der Waals surface area contributed by atoms with Crippen molar-refractivity contribution >= 4 is 11.8 Å². The van der Waals surface area contributed by atoms with Crippen molar-refractivity contribution in [1.29, 1.82) is 0 Å². The lowest BCUT2D eigenvalue weighted by Crippen LogP contribution is -2.10. The largest absolute Gasteiger partial charge is 0.491 e. The lowest BCUT2D eigenvalue weighted by molar-refractivity contribution is 0.0686. The highest BCUT2D eigenvalue weighted by Gasteiger charge is 2.21. The van der Waals surface area contributed by atoms with Crippen LogP contribution in [0.5, 0.6) is 5.75 Å². The number of benzene rings is 1. The predicted molar refractivity (Wildman–Crippen MR) is 70.0 cm³/mol. The Morgan fingerprint density at radius 1 is 1.29 bits per heavy atom. The third kappa shape index (κ3) is 2.60. The highest BCUT2D eigenvalue weighted by Crippen LogP contribution is 2.29. The molecule has 1 aromatic heterocycles. The molecule has 0 aliphatic carbocycles. The first-order valence-corrected chi connectivity index (χ1v) is 5.76. The normalized spacial score (nSPS) is 10.5. The maximum absolute atomic E-state index is 13.9. The van der Waals surface area contributed by atoms with Gasteiger partial charge in [-0.1, -0.05) is 0 Å². The molecule has 2 aromatic rings. The number of ether oxygens (including phenoxy) is 1. The Morgan fingerprint density at radius 3 is 2.52 bits per heavy atom. The third-order valence-corrected chi connectivity index (χ3v) is 2.79. The van der Waals surface area contributed by atoms with E-state index in [-0.39, 0.29) is 28.5 Å². The van der Waals surface area contributed by atoms with Crippen LogP contribution in [0.4, 0.5) is 14.6 Å². The van der Waals surface area contributed by atoms with Gasteiger partial charge >= 0.3 is 5.97 Å². The fraction of sp³-hybridized carbons (Fsp3) is 0.154. The predicted octanol–water partition coefficient (Wildman–Crippen LogP) is 2.02. The molecule has 0 atom stereocenters. The van der Waals surface area contributed by atoms with Crippen LogP contribution in [0.3, 0.4) is 0 Å². The number of carboxylic acids is 1. The average Bonchev–Trinajstić information content (AvgIpc) is 2.41. The van der Waals surface area contributed by atoms with Gasteiger partial charge in [-0.05, 0) is 24.6 Å². The van der Waals surface area contributed by atoms with Crippen molar-refractivity contribution in [3.05, 3.63) is 35.0 Å². The highest BCUT2D eigenvalue weighted by atomic mass is 19.1. The fourth-order valence-electron chi connectivity index (χ4n) is 1.75. The van der Waals surface area contributed by atoms with Gasteiger partial charge in [-0.25, -0.2) is 23.5 Å². The number of anilines is 1. The molecule has 0 saturated carbocycles. The summed E-state index contributed by atoms with van der Waals surface area (Å²) < 4.78 is 32.3. The maximum Gasteiger partial charge on any atom is 0.358 e. The van der Waals surface area contributed by atoms with E-state index in [9.17, 15) is 13.6 Å². The van der Waals surface area contributed by atoms with Crippen molar-refractivity contribution in [3.63, 3.8) is 0 Å². The first-order chi connectivity index (χ1) is 9.85. The quantitative estimate of drug-likeness (QED) is 0.899. The number of nitrogen functional groups attached to an aromatic ring is 1. The van der Waals surface area contributed by atoms with Gasteiger partial charge in [0.1, 0.15) is 11.6 Å². The van der Waals surface area contributed by atoms with E-state index in [2.05, 4.69) is 9.97 Å². The molecule has 0 aliphatic heterocycles. The van der Waals surface area contributed by atoms with E-state index in [1.165, 1.54) is 14.0 Å². The van der Waals surface area contributed by atoms with Gasteiger partial charge in [0.25, 0.3) is 0 Å². The molecular weight excluding hydrogens is 284 g/mol. The molecule has 2 rings (SSSR count). The summed E-state index contributed by atoms with van der Waals surface area (Å²) in [6.45, 7) is 1.40. The average molecular weight is 295 g/mol. The summed E-state index contributed by atoms with van der Waals surface area (Å²) in [4.78, 5) is 18.6. The van der Waals surface area contributed by atoms with Crippen LogP contribution in [-0.2, 0) is 0 Å². The van der Waals surface area contributed by atoms with E-state index in [1.807, 2.05) is 0 Å². The molecule has 1 aromatic carbocycles. The Kier molecular flexibility index (Phi) is 3.70.